The van der Waals surface area contributed by atoms with Crippen LogP contribution in [0, 0.1) is 0 Å². The molecule has 2 aromatic rings. The molecule has 0 fully saturated rings. The number of esters is 1. The molecule has 0 bridgehead atoms. The molecule has 29 heavy (non-hydrogen) atoms. The normalized spacial score (nSPS) is 13.0. The molecule has 0 saturated carbocycles. The topological polar surface area (TPSA) is 102 Å². The zero-order valence-electron chi connectivity index (χ0n) is 14.5. The van der Waals surface area contributed by atoms with E-state index in [1.54, 1.807) is 0 Å². The van der Waals surface area contributed by atoms with Gasteiger partial charge in [-0.2, -0.15) is 4.72 Å². The van der Waals surface area contributed by atoms with E-state index in [1.165, 1.54) is 36.4 Å². The summed E-state index contributed by atoms with van der Waals surface area (Å²) in [7, 11) is -4.09. The van der Waals surface area contributed by atoms with Crippen LogP contribution in [-0.4, -0.2) is 38.5 Å². The number of benzene rings is 2. The van der Waals surface area contributed by atoms with Crippen molar-refractivity contribution < 1.29 is 41.0 Å². The van der Waals surface area contributed by atoms with Crippen LogP contribution in [0.15, 0.2) is 57.9 Å². The summed E-state index contributed by atoms with van der Waals surface area (Å²) in [5.41, 5.74) is 0.334. The van der Waals surface area contributed by atoms with Crippen molar-refractivity contribution in [3.8, 4) is 5.75 Å². The van der Waals surface area contributed by atoms with Crippen molar-refractivity contribution in [2.45, 2.75) is 23.9 Å². The number of aliphatic hydroxyl groups is 1. The number of sulfonamides is 1. The maximum absolute atomic E-state index is 12.3. The van der Waals surface area contributed by atoms with Crippen molar-refractivity contribution in [2.75, 3.05) is 6.61 Å². The second-order valence-corrected chi connectivity index (χ2v) is 8.24. The number of alkyl halides is 3. The molecule has 0 aliphatic rings. The van der Waals surface area contributed by atoms with Gasteiger partial charge < -0.3 is 14.6 Å². The first kappa shape index (κ1) is 23.1. The second-order valence-electron chi connectivity index (χ2n) is 5.61. The summed E-state index contributed by atoms with van der Waals surface area (Å²) >= 11 is 3.17. The van der Waals surface area contributed by atoms with Gasteiger partial charge in [0.1, 0.15) is 18.4 Å². The molecule has 1 atom stereocenters. The molecule has 0 aliphatic heterocycles. The minimum Gasteiger partial charge on any atom is -0.460 e. The van der Waals surface area contributed by atoms with Gasteiger partial charge in [0.25, 0.3) is 0 Å². The minimum absolute atomic E-state index is 0.118. The number of halogens is 4. The molecule has 2 N–H and O–H groups in total. The van der Waals surface area contributed by atoms with Gasteiger partial charge in [-0.05, 0) is 42.0 Å². The number of carbonyl (C=O) groups is 1. The molecule has 0 heterocycles. The average molecular weight is 498 g/mol. The van der Waals surface area contributed by atoms with Gasteiger partial charge in [0.2, 0.25) is 10.0 Å². The van der Waals surface area contributed by atoms with Crippen LogP contribution >= 0.6 is 15.9 Å². The first-order chi connectivity index (χ1) is 13.5. The maximum atomic E-state index is 12.3. The Hall–Kier alpha value is -2.15. The fourth-order valence-corrected chi connectivity index (χ4v) is 3.51. The number of hydrogen-bond acceptors (Lipinski definition) is 6. The number of carbonyl (C=O) groups excluding carboxylic acids is 1. The summed E-state index contributed by atoms with van der Waals surface area (Å²) in [5.74, 6) is -1.49. The molecule has 2 rings (SSSR count). The Balaban J connectivity index is 1.96. The zero-order chi connectivity index (χ0) is 21.7. The number of hydrogen-bond donors (Lipinski definition) is 2. The molecule has 0 saturated heterocycles. The lowest BCUT2D eigenvalue weighted by molar-refractivity contribution is -0.274. The standard InChI is InChI=1S/C17H15BrF3NO6S/c18-12-3-7-14(8-4-12)29(25,26)22-15(9-23)16(24)27-10-11-1-5-13(6-2-11)28-17(19,20)21/h1-8,15,22-23H,9-10H2. The van der Waals surface area contributed by atoms with Gasteiger partial charge >= 0.3 is 12.3 Å². The van der Waals surface area contributed by atoms with E-state index in [2.05, 4.69) is 20.7 Å². The molecular formula is C17H15BrF3NO6S. The zero-order valence-corrected chi connectivity index (χ0v) is 16.9. The molecule has 0 radical (unpaired) electrons. The maximum Gasteiger partial charge on any atom is 0.573 e. The fraction of sp³-hybridized carbons (Fsp3) is 0.235. The third-order valence-corrected chi connectivity index (χ3v) is 5.44. The lowest BCUT2D eigenvalue weighted by atomic mass is 10.2. The van der Waals surface area contributed by atoms with E-state index in [0.717, 1.165) is 12.1 Å². The Bertz CT molecular complexity index is 933. The molecule has 12 heteroatoms. The van der Waals surface area contributed by atoms with E-state index in [1.807, 2.05) is 4.72 Å². The lowest BCUT2D eigenvalue weighted by Gasteiger charge is -2.16. The highest BCUT2D eigenvalue weighted by Gasteiger charge is 2.31. The largest absolute Gasteiger partial charge is 0.573 e. The van der Waals surface area contributed by atoms with E-state index in [0.29, 0.717) is 10.0 Å². The van der Waals surface area contributed by atoms with Crippen LogP contribution in [0.5, 0.6) is 5.75 Å². The summed E-state index contributed by atoms with van der Waals surface area (Å²) in [6, 6.07) is 8.60. The van der Waals surface area contributed by atoms with E-state index >= 15 is 0 Å². The predicted molar refractivity (Wildman–Crippen MR) is 98.3 cm³/mol. The summed E-state index contributed by atoms with van der Waals surface area (Å²) in [6.45, 7) is -1.20. The molecule has 0 amide bonds. The highest BCUT2D eigenvalue weighted by molar-refractivity contribution is 9.10. The summed E-state index contributed by atoms with van der Waals surface area (Å²) < 4.78 is 72.3. The Labute approximate surface area is 172 Å². The average Bonchev–Trinajstić information content (AvgIpc) is 2.64. The van der Waals surface area contributed by atoms with Crippen LogP contribution in [0.3, 0.4) is 0 Å². The highest BCUT2D eigenvalue weighted by Crippen LogP contribution is 2.23. The van der Waals surface area contributed by atoms with Crippen LogP contribution in [0.2, 0.25) is 0 Å². The van der Waals surface area contributed by atoms with Crippen molar-refractivity contribution >= 4 is 31.9 Å². The summed E-state index contributed by atoms with van der Waals surface area (Å²) in [5, 5.41) is 9.33. The Morgan fingerprint density at radius 3 is 2.21 bits per heavy atom. The van der Waals surface area contributed by atoms with Crippen LogP contribution in [-0.2, 0) is 26.2 Å². The van der Waals surface area contributed by atoms with Gasteiger partial charge in [-0.15, -0.1) is 13.2 Å². The van der Waals surface area contributed by atoms with Crippen molar-refractivity contribution in [3.05, 3.63) is 58.6 Å². The third kappa shape index (κ3) is 7.31. The number of nitrogens with one attached hydrogen (secondary N) is 1. The Kier molecular flexibility index (Phi) is 7.63. The van der Waals surface area contributed by atoms with Crippen LogP contribution in [0.4, 0.5) is 13.2 Å². The van der Waals surface area contributed by atoms with Crippen LogP contribution < -0.4 is 9.46 Å². The predicted octanol–water partition coefficient (Wildman–Crippen LogP) is 2.73. The number of aliphatic hydroxyl groups excluding tert-OH is 1. The van der Waals surface area contributed by atoms with E-state index < -0.39 is 40.8 Å². The molecule has 0 aliphatic carbocycles. The number of ether oxygens (including phenoxy) is 2. The van der Waals surface area contributed by atoms with Crippen LogP contribution in [0.1, 0.15) is 5.56 Å². The molecule has 7 nitrogen and oxygen atoms in total. The van der Waals surface area contributed by atoms with Gasteiger partial charge in [-0.1, -0.05) is 28.1 Å². The molecule has 1 unspecified atom stereocenters. The van der Waals surface area contributed by atoms with E-state index in [-0.39, 0.29) is 11.5 Å². The Morgan fingerprint density at radius 2 is 1.69 bits per heavy atom. The number of rotatable bonds is 8. The van der Waals surface area contributed by atoms with Crippen molar-refractivity contribution in [1.29, 1.82) is 0 Å². The summed E-state index contributed by atoms with van der Waals surface area (Å²) in [4.78, 5) is 12.0. The third-order valence-electron chi connectivity index (χ3n) is 3.43. The molecule has 158 valence electrons. The minimum atomic E-state index is -4.83. The van der Waals surface area contributed by atoms with Crippen molar-refractivity contribution in [3.63, 3.8) is 0 Å². The van der Waals surface area contributed by atoms with E-state index in [4.69, 9.17) is 4.74 Å². The fourth-order valence-electron chi connectivity index (χ4n) is 2.07. The monoisotopic (exact) mass is 497 g/mol. The smallest absolute Gasteiger partial charge is 0.460 e. The first-order valence-corrected chi connectivity index (χ1v) is 10.2. The molecular weight excluding hydrogens is 483 g/mol. The van der Waals surface area contributed by atoms with Gasteiger partial charge in [-0.3, -0.25) is 4.79 Å². The van der Waals surface area contributed by atoms with Gasteiger partial charge in [-0.25, -0.2) is 8.42 Å². The highest BCUT2D eigenvalue weighted by atomic mass is 79.9. The lowest BCUT2D eigenvalue weighted by Crippen LogP contribution is -2.44. The first-order valence-electron chi connectivity index (χ1n) is 7.90. The van der Waals surface area contributed by atoms with Gasteiger partial charge in [0.15, 0.2) is 0 Å². The quantitative estimate of drug-likeness (QED) is 0.543. The van der Waals surface area contributed by atoms with Crippen molar-refractivity contribution in [2.24, 2.45) is 0 Å². The SMILES string of the molecule is O=C(OCc1ccc(OC(F)(F)F)cc1)C(CO)NS(=O)(=O)c1ccc(Br)cc1. The molecule has 2 aromatic carbocycles. The van der Waals surface area contributed by atoms with Crippen LogP contribution in [0.25, 0.3) is 0 Å². The summed E-state index contributed by atoms with van der Waals surface area (Å²) in [6.07, 6.45) is -4.83. The van der Waals surface area contributed by atoms with E-state index in [9.17, 15) is 31.5 Å². The molecule has 0 spiro atoms. The molecule has 0 aromatic heterocycles. The second kappa shape index (κ2) is 9.57. The van der Waals surface area contributed by atoms with Gasteiger partial charge in [0.05, 0.1) is 11.5 Å². The van der Waals surface area contributed by atoms with Gasteiger partial charge in [0, 0.05) is 4.47 Å². The van der Waals surface area contributed by atoms with Crippen molar-refractivity contribution in [1.82, 2.24) is 4.72 Å². The Morgan fingerprint density at radius 1 is 1.10 bits per heavy atom.